The van der Waals surface area contributed by atoms with Gasteiger partial charge in [-0.15, -0.1) is 11.3 Å². The highest BCUT2D eigenvalue weighted by molar-refractivity contribution is 7.10. The van der Waals surface area contributed by atoms with Crippen LogP contribution in [0.3, 0.4) is 0 Å². The minimum atomic E-state index is -0.506. The smallest absolute Gasteiger partial charge is 0.255 e. The van der Waals surface area contributed by atoms with E-state index in [1.807, 2.05) is 18.4 Å². The molecule has 0 spiro atoms. The maximum absolute atomic E-state index is 12.9. The first kappa shape index (κ1) is 15.8. The first-order valence-electron chi connectivity index (χ1n) is 8.60. The Balaban J connectivity index is 1.47. The van der Waals surface area contributed by atoms with E-state index in [2.05, 4.69) is 5.16 Å². The molecule has 0 unspecified atom stereocenters. The van der Waals surface area contributed by atoms with E-state index in [0.29, 0.717) is 19.5 Å². The minimum absolute atomic E-state index is 0.00996. The fourth-order valence-corrected chi connectivity index (χ4v) is 4.95. The largest absolute Gasteiger partial charge is 0.391 e. The van der Waals surface area contributed by atoms with Gasteiger partial charge < -0.3 is 14.5 Å². The lowest BCUT2D eigenvalue weighted by molar-refractivity contribution is 0.0764. The number of aliphatic hydroxyl groups excluding tert-OH is 1. The molecule has 4 rings (SSSR count). The molecule has 0 aromatic carbocycles. The molecule has 1 amide bonds. The number of rotatable bonds is 3. The Morgan fingerprint density at radius 1 is 1.42 bits per heavy atom. The second-order valence-electron chi connectivity index (χ2n) is 6.93. The molecule has 6 heteroatoms. The molecule has 3 heterocycles. The first-order chi connectivity index (χ1) is 11.6. The van der Waals surface area contributed by atoms with Gasteiger partial charge in [-0.25, -0.2) is 0 Å². The number of aliphatic hydroxyl groups is 1. The van der Waals surface area contributed by atoms with Crippen molar-refractivity contribution < 1.29 is 14.4 Å². The van der Waals surface area contributed by atoms with E-state index in [9.17, 15) is 9.90 Å². The Kier molecular flexibility index (Phi) is 4.18. The molecular weight excluding hydrogens is 324 g/mol. The van der Waals surface area contributed by atoms with Crippen LogP contribution in [0, 0.1) is 12.8 Å². The standard InChI is InChI=1S/C18H22N2O3S/c1-11-6-13(23-19-11)7-12-8-20(9-16(12)21)18(22)15-10-24-17-5-3-2-4-14(15)17/h6,10,12,16,21H,2-5,7-9H2,1H3/t12-,16+/m1/s1. The van der Waals surface area contributed by atoms with Crippen molar-refractivity contribution in [1.29, 1.82) is 0 Å². The number of likely N-dealkylation sites (tertiary alicyclic amines) is 1. The second-order valence-corrected chi connectivity index (χ2v) is 7.90. The van der Waals surface area contributed by atoms with Crippen LogP contribution in [-0.2, 0) is 19.3 Å². The number of hydrogen-bond donors (Lipinski definition) is 1. The van der Waals surface area contributed by atoms with E-state index in [1.54, 1.807) is 16.2 Å². The lowest BCUT2D eigenvalue weighted by Gasteiger charge is -2.18. The quantitative estimate of drug-likeness (QED) is 0.928. The van der Waals surface area contributed by atoms with E-state index in [1.165, 1.54) is 23.3 Å². The van der Waals surface area contributed by atoms with Gasteiger partial charge in [0.15, 0.2) is 0 Å². The highest BCUT2D eigenvalue weighted by atomic mass is 32.1. The molecule has 2 aliphatic rings. The highest BCUT2D eigenvalue weighted by Gasteiger charge is 2.36. The van der Waals surface area contributed by atoms with Gasteiger partial charge in [0.05, 0.1) is 17.4 Å². The van der Waals surface area contributed by atoms with Crippen molar-refractivity contribution in [3.05, 3.63) is 38.9 Å². The lowest BCUT2D eigenvalue weighted by Crippen LogP contribution is -2.30. The predicted octanol–water partition coefficient (Wildman–Crippen LogP) is 2.60. The van der Waals surface area contributed by atoms with Crippen molar-refractivity contribution in [2.75, 3.05) is 13.1 Å². The summed E-state index contributed by atoms with van der Waals surface area (Å²) in [6.07, 6.45) is 4.62. The fraction of sp³-hybridized carbons (Fsp3) is 0.556. The summed E-state index contributed by atoms with van der Waals surface area (Å²) in [6.45, 7) is 2.86. The van der Waals surface area contributed by atoms with Crippen molar-refractivity contribution >= 4 is 17.2 Å². The van der Waals surface area contributed by atoms with Gasteiger partial charge in [0, 0.05) is 41.8 Å². The third-order valence-corrected chi connectivity index (χ3v) is 6.21. The van der Waals surface area contributed by atoms with Crippen LogP contribution >= 0.6 is 11.3 Å². The van der Waals surface area contributed by atoms with Gasteiger partial charge >= 0.3 is 0 Å². The number of aryl methyl sites for hydroxylation is 2. The van der Waals surface area contributed by atoms with Gasteiger partial charge in [-0.1, -0.05) is 5.16 Å². The minimum Gasteiger partial charge on any atom is -0.391 e. The number of hydrogen-bond acceptors (Lipinski definition) is 5. The van der Waals surface area contributed by atoms with E-state index in [0.717, 1.165) is 29.9 Å². The van der Waals surface area contributed by atoms with Crippen LogP contribution in [0.2, 0.25) is 0 Å². The van der Waals surface area contributed by atoms with Crippen molar-refractivity contribution in [2.24, 2.45) is 5.92 Å². The van der Waals surface area contributed by atoms with Gasteiger partial charge in [0.1, 0.15) is 5.76 Å². The summed E-state index contributed by atoms with van der Waals surface area (Å²) >= 11 is 1.71. The van der Waals surface area contributed by atoms with Gasteiger partial charge in [-0.3, -0.25) is 4.79 Å². The summed E-state index contributed by atoms with van der Waals surface area (Å²) in [5.41, 5.74) is 2.95. The van der Waals surface area contributed by atoms with Crippen LogP contribution in [0.4, 0.5) is 0 Å². The van der Waals surface area contributed by atoms with Crippen molar-refractivity contribution in [3.63, 3.8) is 0 Å². The Bertz CT molecular complexity index is 751. The molecule has 1 saturated heterocycles. The zero-order valence-corrected chi connectivity index (χ0v) is 14.6. The number of amides is 1. The van der Waals surface area contributed by atoms with Crippen molar-refractivity contribution in [2.45, 2.75) is 45.1 Å². The van der Waals surface area contributed by atoms with Crippen LogP contribution < -0.4 is 0 Å². The monoisotopic (exact) mass is 346 g/mol. The zero-order valence-electron chi connectivity index (χ0n) is 13.8. The molecule has 0 bridgehead atoms. The molecule has 128 valence electrons. The lowest BCUT2D eigenvalue weighted by atomic mass is 9.95. The number of fused-ring (bicyclic) bond motifs is 1. The molecule has 1 N–H and O–H groups in total. The molecule has 2 aromatic heterocycles. The van der Waals surface area contributed by atoms with Crippen LogP contribution in [0.25, 0.3) is 0 Å². The number of thiophene rings is 1. The Morgan fingerprint density at radius 3 is 3.04 bits per heavy atom. The first-order valence-corrected chi connectivity index (χ1v) is 9.48. The van der Waals surface area contributed by atoms with E-state index in [-0.39, 0.29) is 11.8 Å². The summed E-state index contributed by atoms with van der Waals surface area (Å²) < 4.78 is 5.25. The summed E-state index contributed by atoms with van der Waals surface area (Å²) in [5.74, 6) is 0.860. The average molecular weight is 346 g/mol. The predicted molar refractivity (Wildman–Crippen MR) is 91.3 cm³/mol. The SMILES string of the molecule is Cc1cc(C[C@@H]2CN(C(=O)c3csc4c3CCCC4)C[C@@H]2O)on1. The Morgan fingerprint density at radius 2 is 2.25 bits per heavy atom. The van der Waals surface area contributed by atoms with Gasteiger partial charge in [0.2, 0.25) is 0 Å². The molecule has 0 saturated carbocycles. The molecular formula is C18H22N2O3S. The van der Waals surface area contributed by atoms with Gasteiger partial charge in [-0.2, -0.15) is 0 Å². The van der Waals surface area contributed by atoms with Crippen LogP contribution in [0.15, 0.2) is 16.0 Å². The third-order valence-electron chi connectivity index (χ3n) is 5.13. The van der Waals surface area contributed by atoms with Gasteiger partial charge in [0.25, 0.3) is 5.91 Å². The molecule has 1 fully saturated rings. The number of aromatic nitrogens is 1. The van der Waals surface area contributed by atoms with Crippen LogP contribution in [0.1, 0.15) is 45.1 Å². The number of β-amino-alcohol motifs (C(OH)–C–C–N with tert-alkyl or cyclic N) is 1. The molecule has 24 heavy (non-hydrogen) atoms. The number of carbonyl (C=O) groups is 1. The summed E-state index contributed by atoms with van der Waals surface area (Å²) in [4.78, 5) is 16.1. The zero-order chi connectivity index (χ0) is 16.7. The molecule has 2 atom stereocenters. The maximum Gasteiger partial charge on any atom is 0.255 e. The average Bonchev–Trinajstić information content (AvgIpc) is 3.27. The summed E-state index contributed by atoms with van der Waals surface area (Å²) in [6, 6.07) is 1.90. The third kappa shape index (κ3) is 2.89. The Labute approximate surface area is 145 Å². The van der Waals surface area contributed by atoms with Crippen LogP contribution in [-0.4, -0.2) is 40.3 Å². The second kappa shape index (κ2) is 6.33. The summed E-state index contributed by atoms with van der Waals surface area (Å²) in [5, 5.41) is 16.3. The fourth-order valence-electron chi connectivity index (χ4n) is 3.84. The van der Waals surface area contributed by atoms with Crippen LogP contribution in [0.5, 0.6) is 0 Å². The molecule has 5 nitrogen and oxygen atoms in total. The number of carbonyl (C=O) groups excluding carboxylic acids is 1. The Hall–Kier alpha value is -1.66. The maximum atomic E-state index is 12.9. The normalized spacial score (nSPS) is 23.5. The van der Waals surface area contributed by atoms with Crippen molar-refractivity contribution in [1.82, 2.24) is 10.1 Å². The van der Waals surface area contributed by atoms with E-state index < -0.39 is 6.10 Å². The molecule has 0 radical (unpaired) electrons. The highest BCUT2D eigenvalue weighted by Crippen LogP contribution is 2.32. The topological polar surface area (TPSA) is 66.6 Å². The molecule has 1 aliphatic carbocycles. The van der Waals surface area contributed by atoms with E-state index >= 15 is 0 Å². The van der Waals surface area contributed by atoms with Crippen molar-refractivity contribution in [3.8, 4) is 0 Å². The molecule has 1 aliphatic heterocycles. The molecule has 2 aromatic rings. The summed E-state index contributed by atoms with van der Waals surface area (Å²) in [7, 11) is 0. The van der Waals surface area contributed by atoms with E-state index in [4.69, 9.17) is 4.52 Å². The number of nitrogens with zero attached hydrogens (tertiary/aromatic N) is 2. The van der Waals surface area contributed by atoms with Gasteiger partial charge in [-0.05, 0) is 38.2 Å².